The van der Waals surface area contributed by atoms with E-state index in [2.05, 4.69) is 0 Å². The lowest BCUT2D eigenvalue weighted by Crippen LogP contribution is -2.20. The van der Waals surface area contributed by atoms with E-state index in [0.29, 0.717) is 0 Å². The second-order valence-corrected chi connectivity index (χ2v) is 6.18. The van der Waals surface area contributed by atoms with Crippen molar-refractivity contribution in [2.45, 2.75) is 6.61 Å². The van der Waals surface area contributed by atoms with Crippen molar-refractivity contribution in [2.75, 3.05) is 20.8 Å². The van der Waals surface area contributed by atoms with E-state index in [1.807, 2.05) is 42.5 Å². The van der Waals surface area contributed by atoms with Gasteiger partial charge in [0, 0.05) is 0 Å². The van der Waals surface area contributed by atoms with Crippen molar-refractivity contribution in [1.29, 1.82) is 0 Å². The molecule has 3 aromatic rings. The van der Waals surface area contributed by atoms with E-state index in [9.17, 15) is 9.59 Å². The van der Waals surface area contributed by atoms with Gasteiger partial charge in [-0.25, -0.2) is 4.79 Å². The highest BCUT2D eigenvalue weighted by Gasteiger charge is 2.19. The van der Waals surface area contributed by atoms with Crippen LogP contribution in [0.4, 0.5) is 0 Å². The van der Waals surface area contributed by atoms with Crippen LogP contribution in [0.15, 0.2) is 54.6 Å². The highest BCUT2D eigenvalue weighted by Crippen LogP contribution is 2.38. The van der Waals surface area contributed by atoms with Gasteiger partial charge in [0.1, 0.15) is 6.61 Å². The van der Waals surface area contributed by atoms with E-state index < -0.39 is 11.9 Å². The average molecular weight is 395 g/mol. The number of benzene rings is 3. The van der Waals surface area contributed by atoms with Gasteiger partial charge in [0.2, 0.25) is 5.75 Å². The number of primary amides is 1. The van der Waals surface area contributed by atoms with Crippen molar-refractivity contribution in [3.05, 3.63) is 65.7 Å². The third kappa shape index (κ3) is 4.57. The zero-order chi connectivity index (χ0) is 20.8. The molecule has 0 spiro atoms. The van der Waals surface area contributed by atoms with Crippen LogP contribution in [0.3, 0.4) is 0 Å². The molecule has 1 amide bonds. The van der Waals surface area contributed by atoms with Crippen LogP contribution in [-0.2, 0) is 16.1 Å². The van der Waals surface area contributed by atoms with E-state index in [0.717, 1.165) is 16.3 Å². The molecule has 0 unspecified atom stereocenters. The van der Waals surface area contributed by atoms with Gasteiger partial charge in [-0.15, -0.1) is 0 Å². The standard InChI is InChI=1S/C22H21NO6/c1-26-18-10-16(11-19(27-2)21(18)28-13-20(23)24)22(25)29-12-15-8-5-7-14-6-3-4-9-17(14)15/h3-11H,12-13H2,1-2H3,(H2,23,24). The lowest BCUT2D eigenvalue weighted by molar-refractivity contribution is -0.120. The number of fused-ring (bicyclic) bond motifs is 1. The molecule has 0 bridgehead atoms. The van der Waals surface area contributed by atoms with Gasteiger partial charge in [-0.2, -0.15) is 0 Å². The highest BCUT2D eigenvalue weighted by molar-refractivity contribution is 5.92. The third-order valence-electron chi connectivity index (χ3n) is 4.29. The Bertz CT molecular complexity index is 1020. The molecule has 29 heavy (non-hydrogen) atoms. The normalized spacial score (nSPS) is 10.4. The van der Waals surface area contributed by atoms with Crippen LogP contribution in [0.2, 0.25) is 0 Å². The molecule has 0 aliphatic heterocycles. The number of carbonyl (C=O) groups is 2. The zero-order valence-electron chi connectivity index (χ0n) is 16.1. The summed E-state index contributed by atoms with van der Waals surface area (Å²) in [6.45, 7) is -0.234. The summed E-state index contributed by atoms with van der Waals surface area (Å²) in [6, 6.07) is 16.6. The van der Waals surface area contributed by atoms with Gasteiger partial charge >= 0.3 is 5.97 Å². The Morgan fingerprint density at radius 3 is 2.24 bits per heavy atom. The monoisotopic (exact) mass is 395 g/mol. The van der Waals surface area contributed by atoms with Crippen molar-refractivity contribution in [3.8, 4) is 17.2 Å². The van der Waals surface area contributed by atoms with E-state index >= 15 is 0 Å². The largest absolute Gasteiger partial charge is 0.493 e. The van der Waals surface area contributed by atoms with Gasteiger partial charge in [-0.1, -0.05) is 42.5 Å². The third-order valence-corrected chi connectivity index (χ3v) is 4.29. The van der Waals surface area contributed by atoms with Crippen molar-refractivity contribution < 1.29 is 28.5 Å². The van der Waals surface area contributed by atoms with Crippen LogP contribution in [0.1, 0.15) is 15.9 Å². The molecular formula is C22H21NO6. The molecule has 0 aromatic heterocycles. The Morgan fingerprint density at radius 2 is 1.59 bits per heavy atom. The first-order valence-corrected chi connectivity index (χ1v) is 8.84. The Morgan fingerprint density at radius 1 is 0.931 bits per heavy atom. The molecule has 0 heterocycles. The molecule has 7 heteroatoms. The van der Waals surface area contributed by atoms with Crippen molar-refractivity contribution >= 4 is 22.6 Å². The van der Waals surface area contributed by atoms with Crippen LogP contribution < -0.4 is 19.9 Å². The molecule has 150 valence electrons. The van der Waals surface area contributed by atoms with Crippen molar-refractivity contribution in [2.24, 2.45) is 5.73 Å². The SMILES string of the molecule is COc1cc(C(=O)OCc2cccc3ccccc23)cc(OC)c1OCC(N)=O. The Balaban J connectivity index is 1.82. The van der Waals surface area contributed by atoms with Crippen LogP contribution in [0.5, 0.6) is 17.2 Å². The number of methoxy groups -OCH3 is 2. The Kier molecular flexibility index (Phi) is 6.19. The highest BCUT2D eigenvalue weighted by atomic mass is 16.5. The summed E-state index contributed by atoms with van der Waals surface area (Å²) < 4.78 is 21.4. The van der Waals surface area contributed by atoms with Crippen LogP contribution in [-0.4, -0.2) is 32.7 Å². The lowest BCUT2D eigenvalue weighted by Gasteiger charge is -2.15. The first kappa shape index (κ1) is 20.0. The van der Waals surface area contributed by atoms with Gasteiger partial charge in [-0.05, 0) is 28.5 Å². The van der Waals surface area contributed by atoms with E-state index in [1.54, 1.807) is 0 Å². The fourth-order valence-corrected chi connectivity index (χ4v) is 2.93. The van der Waals surface area contributed by atoms with E-state index in [-0.39, 0.29) is 36.0 Å². The minimum atomic E-state index is -0.646. The van der Waals surface area contributed by atoms with Crippen molar-refractivity contribution in [1.82, 2.24) is 0 Å². The van der Waals surface area contributed by atoms with Gasteiger partial charge in [0.15, 0.2) is 18.1 Å². The maximum Gasteiger partial charge on any atom is 0.338 e. The van der Waals surface area contributed by atoms with Crippen LogP contribution in [0, 0.1) is 0 Å². The van der Waals surface area contributed by atoms with E-state index in [1.165, 1.54) is 26.4 Å². The first-order chi connectivity index (χ1) is 14.0. The maximum absolute atomic E-state index is 12.6. The summed E-state index contributed by atoms with van der Waals surface area (Å²) in [5, 5.41) is 2.09. The summed E-state index contributed by atoms with van der Waals surface area (Å²) in [7, 11) is 2.83. The predicted octanol–water partition coefficient (Wildman–Crippen LogP) is 3.08. The Labute approximate surface area is 167 Å². The number of hydrogen-bond acceptors (Lipinski definition) is 6. The molecule has 7 nitrogen and oxygen atoms in total. The first-order valence-electron chi connectivity index (χ1n) is 8.84. The number of amides is 1. The minimum Gasteiger partial charge on any atom is -0.493 e. The Hall–Kier alpha value is -3.74. The molecule has 0 atom stereocenters. The van der Waals surface area contributed by atoms with Gasteiger partial charge in [0.25, 0.3) is 5.91 Å². The second-order valence-electron chi connectivity index (χ2n) is 6.18. The molecule has 0 saturated heterocycles. The number of ether oxygens (including phenoxy) is 4. The van der Waals surface area contributed by atoms with Crippen LogP contribution in [0.25, 0.3) is 10.8 Å². The number of hydrogen-bond donors (Lipinski definition) is 1. The molecule has 0 aliphatic rings. The number of carbonyl (C=O) groups excluding carboxylic acids is 2. The summed E-state index contributed by atoms with van der Waals surface area (Å²) in [4.78, 5) is 23.6. The fraction of sp³-hybridized carbons (Fsp3) is 0.182. The number of nitrogens with two attached hydrogens (primary N) is 1. The number of rotatable bonds is 8. The number of esters is 1. The molecule has 3 aromatic carbocycles. The summed E-state index contributed by atoms with van der Waals surface area (Å²) in [5.74, 6) is -0.562. The van der Waals surface area contributed by atoms with Crippen LogP contribution >= 0.6 is 0 Å². The smallest absolute Gasteiger partial charge is 0.338 e. The second kappa shape index (κ2) is 8.97. The molecule has 0 radical (unpaired) electrons. The zero-order valence-corrected chi connectivity index (χ0v) is 16.1. The molecule has 2 N–H and O–H groups in total. The molecule has 3 rings (SSSR count). The van der Waals surface area contributed by atoms with Gasteiger partial charge < -0.3 is 24.7 Å². The fourth-order valence-electron chi connectivity index (χ4n) is 2.93. The topological polar surface area (TPSA) is 97.1 Å². The quantitative estimate of drug-likeness (QED) is 0.589. The average Bonchev–Trinajstić information content (AvgIpc) is 2.75. The summed E-state index contributed by atoms with van der Waals surface area (Å²) in [5.41, 5.74) is 6.24. The maximum atomic E-state index is 12.6. The summed E-state index contributed by atoms with van der Waals surface area (Å²) >= 11 is 0. The molecule has 0 fully saturated rings. The van der Waals surface area contributed by atoms with Crippen molar-refractivity contribution in [3.63, 3.8) is 0 Å². The van der Waals surface area contributed by atoms with Gasteiger partial charge in [0.05, 0.1) is 19.8 Å². The molecular weight excluding hydrogens is 374 g/mol. The minimum absolute atomic E-state index is 0.116. The molecule has 0 aliphatic carbocycles. The molecule has 0 saturated carbocycles. The predicted molar refractivity (Wildman–Crippen MR) is 107 cm³/mol. The van der Waals surface area contributed by atoms with Gasteiger partial charge in [-0.3, -0.25) is 4.79 Å². The lowest BCUT2D eigenvalue weighted by atomic mass is 10.1. The summed E-state index contributed by atoms with van der Waals surface area (Å²) in [6.07, 6.45) is 0. The van der Waals surface area contributed by atoms with E-state index in [4.69, 9.17) is 24.7 Å².